The van der Waals surface area contributed by atoms with Gasteiger partial charge >= 0.3 is 0 Å². The van der Waals surface area contributed by atoms with E-state index < -0.39 is 0 Å². The minimum Gasteiger partial charge on any atom is -0.311 e. The van der Waals surface area contributed by atoms with Gasteiger partial charge in [-0.2, -0.15) is 10.2 Å². The van der Waals surface area contributed by atoms with Crippen molar-refractivity contribution in [1.29, 1.82) is 0 Å². The predicted molar refractivity (Wildman–Crippen MR) is 234 cm³/mol. The van der Waals surface area contributed by atoms with Crippen LogP contribution in [0.3, 0.4) is 0 Å². The maximum absolute atomic E-state index is 4.94. The Morgan fingerprint density at radius 1 is 0.304 bits per heavy atom. The zero-order valence-corrected chi connectivity index (χ0v) is 30.9. The lowest BCUT2D eigenvalue weighted by molar-refractivity contribution is 0.810. The second-order valence-electron chi connectivity index (χ2n) is 13.8. The normalized spacial score (nSPS) is 11.3. The first-order chi connectivity index (χ1) is 27.8. The molecule has 9 aromatic carbocycles. The third-order valence-corrected chi connectivity index (χ3v) is 10.3. The Kier molecular flexibility index (Phi) is 9.79. The van der Waals surface area contributed by atoms with E-state index in [2.05, 4.69) is 223 Å². The molecule has 0 bridgehead atoms. The monoisotopic (exact) mass is 717 g/mol. The quantitative estimate of drug-likeness (QED) is 0.129. The van der Waals surface area contributed by atoms with Crippen LogP contribution in [0.25, 0.3) is 44.2 Å². The van der Waals surface area contributed by atoms with Crippen LogP contribution in [0.4, 0.5) is 22.7 Å². The first-order valence-electron chi connectivity index (χ1n) is 19.0. The third kappa shape index (κ3) is 7.26. The Morgan fingerprint density at radius 3 is 1.14 bits per heavy atom. The van der Waals surface area contributed by atoms with Gasteiger partial charge in [0, 0.05) is 22.4 Å². The molecule has 0 aliphatic rings. The van der Waals surface area contributed by atoms with Crippen molar-refractivity contribution in [2.45, 2.75) is 6.04 Å². The lowest BCUT2D eigenvalue weighted by atomic mass is 9.97. The lowest BCUT2D eigenvalue weighted by Gasteiger charge is -2.26. The van der Waals surface area contributed by atoms with Crippen LogP contribution in [0, 0.1) is 0 Å². The summed E-state index contributed by atoms with van der Waals surface area (Å²) in [4.78, 5) is 2.32. The van der Waals surface area contributed by atoms with Crippen molar-refractivity contribution in [2.75, 3.05) is 4.90 Å². The highest BCUT2D eigenvalue weighted by atomic mass is 15.1. The molecule has 56 heavy (non-hydrogen) atoms. The SMILES string of the molecule is c1ccc(-c2ccc(N(c3ccc(-c4ccccc4)cc3)c3ccc(-c4ccc(N=NC(c5ccccc5)c5ccccc5)c5ccccc45)cc3)cc2)cc1. The van der Waals surface area contributed by atoms with Crippen molar-refractivity contribution in [3.63, 3.8) is 0 Å². The maximum atomic E-state index is 4.94. The van der Waals surface area contributed by atoms with Crippen molar-refractivity contribution in [3.05, 3.63) is 242 Å². The molecule has 3 nitrogen and oxygen atoms in total. The van der Waals surface area contributed by atoms with E-state index in [1.54, 1.807) is 0 Å². The standard InChI is InChI=1S/C53H39N3/c1-5-15-39(16-6-1)41-25-31-46(32-26-41)56(47-33-27-42(28-34-47)40-17-7-2-8-18-40)48-35-29-43(30-36-48)49-37-38-52(51-24-14-13-23-50(49)51)54-55-53(44-19-9-3-10-20-44)45-21-11-4-12-22-45/h1-38,53H. The van der Waals surface area contributed by atoms with Gasteiger partial charge in [0.1, 0.15) is 6.04 Å². The molecule has 0 atom stereocenters. The molecule has 9 rings (SSSR count). The molecular formula is C53H39N3. The molecule has 0 radical (unpaired) electrons. The highest BCUT2D eigenvalue weighted by molar-refractivity contribution is 6.02. The minimum atomic E-state index is -0.199. The predicted octanol–water partition coefficient (Wildman–Crippen LogP) is 15.2. The molecule has 0 saturated heterocycles. The first kappa shape index (κ1) is 34.4. The van der Waals surface area contributed by atoms with Crippen LogP contribution in [-0.4, -0.2) is 0 Å². The summed E-state index contributed by atoms with van der Waals surface area (Å²) in [6.45, 7) is 0. The average molecular weight is 718 g/mol. The van der Waals surface area contributed by atoms with Crippen LogP contribution in [0.5, 0.6) is 0 Å². The number of anilines is 3. The van der Waals surface area contributed by atoms with Crippen LogP contribution in [0.1, 0.15) is 17.2 Å². The van der Waals surface area contributed by atoms with Crippen LogP contribution >= 0.6 is 0 Å². The Morgan fingerprint density at radius 2 is 0.679 bits per heavy atom. The van der Waals surface area contributed by atoms with Crippen molar-refractivity contribution in [3.8, 4) is 33.4 Å². The van der Waals surface area contributed by atoms with Crippen molar-refractivity contribution in [2.24, 2.45) is 10.2 Å². The summed E-state index contributed by atoms with van der Waals surface area (Å²) in [6, 6.07) is 80.9. The topological polar surface area (TPSA) is 28.0 Å². The van der Waals surface area contributed by atoms with E-state index in [0.717, 1.165) is 55.8 Å². The lowest BCUT2D eigenvalue weighted by Crippen LogP contribution is -2.09. The highest BCUT2D eigenvalue weighted by Crippen LogP contribution is 2.40. The molecule has 0 unspecified atom stereocenters. The zero-order chi connectivity index (χ0) is 37.5. The van der Waals surface area contributed by atoms with Gasteiger partial charge in [-0.3, -0.25) is 0 Å². The summed E-state index contributed by atoms with van der Waals surface area (Å²) >= 11 is 0. The van der Waals surface area contributed by atoms with E-state index in [0.29, 0.717) is 0 Å². The fourth-order valence-corrected chi connectivity index (χ4v) is 7.44. The molecule has 0 saturated carbocycles. The molecule has 0 N–H and O–H groups in total. The second kappa shape index (κ2) is 15.9. The summed E-state index contributed by atoms with van der Waals surface area (Å²) in [5.41, 5.74) is 13.4. The smallest absolute Gasteiger partial charge is 0.121 e. The number of azo groups is 1. The minimum absolute atomic E-state index is 0.199. The van der Waals surface area contributed by atoms with Gasteiger partial charge in [-0.05, 0) is 92.4 Å². The van der Waals surface area contributed by atoms with Crippen molar-refractivity contribution < 1.29 is 0 Å². The molecule has 9 aromatic rings. The van der Waals surface area contributed by atoms with Gasteiger partial charge in [-0.15, -0.1) is 0 Å². The Labute approximate surface area is 328 Å². The fraction of sp³-hybridized carbons (Fsp3) is 0.0189. The van der Waals surface area contributed by atoms with Crippen LogP contribution < -0.4 is 4.90 Å². The van der Waals surface area contributed by atoms with E-state index in [1.165, 1.54) is 22.3 Å². The fourth-order valence-electron chi connectivity index (χ4n) is 7.44. The number of nitrogens with zero attached hydrogens (tertiary/aromatic N) is 3. The maximum Gasteiger partial charge on any atom is 0.121 e. The van der Waals surface area contributed by atoms with Gasteiger partial charge in [0.25, 0.3) is 0 Å². The molecular weight excluding hydrogens is 679 g/mol. The largest absolute Gasteiger partial charge is 0.311 e. The van der Waals surface area contributed by atoms with Crippen LogP contribution in [-0.2, 0) is 0 Å². The van der Waals surface area contributed by atoms with Gasteiger partial charge in [0.05, 0.1) is 5.69 Å². The summed E-state index contributed by atoms with van der Waals surface area (Å²) in [5, 5.41) is 12.0. The number of rotatable bonds is 10. The van der Waals surface area contributed by atoms with Gasteiger partial charge in [0.2, 0.25) is 0 Å². The number of hydrogen-bond acceptors (Lipinski definition) is 3. The average Bonchev–Trinajstić information content (AvgIpc) is 3.29. The molecule has 0 aromatic heterocycles. The second-order valence-corrected chi connectivity index (χ2v) is 13.8. The Balaban J connectivity index is 1.06. The molecule has 0 spiro atoms. The molecule has 0 aliphatic carbocycles. The molecule has 266 valence electrons. The number of fused-ring (bicyclic) bond motifs is 1. The van der Waals surface area contributed by atoms with Crippen LogP contribution in [0.15, 0.2) is 241 Å². The van der Waals surface area contributed by atoms with Gasteiger partial charge in [-0.25, -0.2) is 0 Å². The van der Waals surface area contributed by atoms with E-state index in [9.17, 15) is 0 Å². The van der Waals surface area contributed by atoms with E-state index >= 15 is 0 Å². The number of hydrogen-bond donors (Lipinski definition) is 0. The summed E-state index contributed by atoms with van der Waals surface area (Å²) < 4.78 is 0. The summed E-state index contributed by atoms with van der Waals surface area (Å²) in [5.74, 6) is 0. The molecule has 0 fully saturated rings. The molecule has 0 heterocycles. The number of benzene rings is 9. The Bertz CT molecular complexity index is 2570. The van der Waals surface area contributed by atoms with Crippen molar-refractivity contribution >= 4 is 33.5 Å². The van der Waals surface area contributed by atoms with E-state index in [-0.39, 0.29) is 6.04 Å². The highest BCUT2D eigenvalue weighted by Gasteiger charge is 2.16. The molecule has 3 heteroatoms. The van der Waals surface area contributed by atoms with Gasteiger partial charge in [-0.1, -0.05) is 188 Å². The third-order valence-electron chi connectivity index (χ3n) is 10.3. The Hall–Kier alpha value is -7.36. The molecule has 0 aliphatic heterocycles. The zero-order valence-electron chi connectivity index (χ0n) is 30.9. The first-order valence-corrected chi connectivity index (χ1v) is 19.0. The van der Waals surface area contributed by atoms with Crippen LogP contribution in [0.2, 0.25) is 0 Å². The summed E-state index contributed by atoms with van der Waals surface area (Å²) in [6.07, 6.45) is 0. The molecule has 0 amide bonds. The van der Waals surface area contributed by atoms with Crippen molar-refractivity contribution in [1.82, 2.24) is 0 Å². The van der Waals surface area contributed by atoms with E-state index in [4.69, 9.17) is 10.2 Å². The van der Waals surface area contributed by atoms with E-state index in [1.807, 2.05) is 12.1 Å². The van der Waals surface area contributed by atoms with Gasteiger partial charge < -0.3 is 4.90 Å². The summed E-state index contributed by atoms with van der Waals surface area (Å²) in [7, 11) is 0. The van der Waals surface area contributed by atoms with Gasteiger partial charge in [0.15, 0.2) is 0 Å².